The summed E-state index contributed by atoms with van der Waals surface area (Å²) in [5.74, 6) is 0.739. The van der Waals surface area contributed by atoms with Crippen molar-refractivity contribution in [2.45, 2.75) is 36.9 Å². The average Bonchev–Trinajstić information content (AvgIpc) is 3.42. The number of benzene rings is 1. The van der Waals surface area contributed by atoms with Crippen molar-refractivity contribution in [1.82, 2.24) is 24.1 Å². The fraction of sp³-hybridized carbons (Fsp3) is 0.333. The first-order valence-corrected chi connectivity index (χ1v) is 10.3. The van der Waals surface area contributed by atoms with E-state index in [-0.39, 0.29) is 10.9 Å². The Bertz CT molecular complexity index is 1010. The van der Waals surface area contributed by atoms with Crippen molar-refractivity contribution < 1.29 is 13.2 Å². The second-order valence-electron chi connectivity index (χ2n) is 6.34. The molecule has 2 atom stereocenters. The molecule has 3 aromatic rings. The van der Waals surface area contributed by atoms with Crippen LogP contribution >= 0.6 is 0 Å². The Balaban J connectivity index is 1.55. The molecule has 8 nitrogen and oxygen atoms in total. The first-order chi connectivity index (χ1) is 13.1. The largest absolute Gasteiger partial charge is 0.369 e. The monoisotopic (exact) mass is 387 g/mol. The Kier molecular flexibility index (Phi) is 4.81. The molecule has 9 heteroatoms. The normalized spacial score (nSPS) is 20.2. The van der Waals surface area contributed by atoms with Crippen LogP contribution in [0.1, 0.15) is 25.3 Å². The van der Waals surface area contributed by atoms with Crippen molar-refractivity contribution in [3.63, 3.8) is 0 Å². The molecule has 1 aliphatic heterocycles. The lowest BCUT2D eigenvalue weighted by Crippen LogP contribution is -2.37. The topological polar surface area (TPSA) is 91.0 Å². The number of hydrogen-bond acceptors (Lipinski definition) is 5. The van der Waals surface area contributed by atoms with Crippen LogP contribution in [0.15, 0.2) is 60.0 Å². The number of imidazole rings is 1. The van der Waals surface area contributed by atoms with Gasteiger partial charge in [-0.05, 0) is 25.5 Å². The summed E-state index contributed by atoms with van der Waals surface area (Å²) in [6.45, 7) is 3.24. The van der Waals surface area contributed by atoms with Gasteiger partial charge < -0.3 is 9.30 Å². The molecule has 1 aromatic carbocycles. The molecule has 0 spiro atoms. The lowest BCUT2D eigenvalue weighted by molar-refractivity contribution is 0.0925. The van der Waals surface area contributed by atoms with E-state index in [2.05, 4.69) is 14.8 Å². The number of aromatic nitrogens is 4. The third kappa shape index (κ3) is 3.53. The van der Waals surface area contributed by atoms with Crippen LogP contribution in [0.3, 0.4) is 0 Å². The van der Waals surface area contributed by atoms with Crippen LogP contribution in [0.4, 0.5) is 0 Å². The molecule has 0 aliphatic carbocycles. The highest BCUT2D eigenvalue weighted by Crippen LogP contribution is 2.29. The number of nitrogens with one attached hydrogen (secondary N) is 1. The number of sulfonamides is 1. The highest BCUT2D eigenvalue weighted by atomic mass is 32.2. The minimum absolute atomic E-state index is 0.121. The lowest BCUT2D eigenvalue weighted by atomic mass is 10.1. The molecule has 1 N–H and O–H groups in total. The van der Waals surface area contributed by atoms with Crippen LogP contribution in [-0.2, 0) is 21.3 Å². The van der Waals surface area contributed by atoms with E-state index >= 15 is 0 Å². The highest BCUT2D eigenvalue weighted by molar-refractivity contribution is 7.89. The van der Waals surface area contributed by atoms with Crippen LogP contribution in [0.2, 0.25) is 0 Å². The third-order valence-corrected chi connectivity index (χ3v) is 6.08. The molecule has 4 rings (SSSR count). The summed E-state index contributed by atoms with van der Waals surface area (Å²) in [4.78, 5) is 4.47. The van der Waals surface area contributed by atoms with Gasteiger partial charge in [0.25, 0.3) is 0 Å². The Morgan fingerprint density at radius 3 is 2.89 bits per heavy atom. The summed E-state index contributed by atoms with van der Waals surface area (Å²) < 4.78 is 37.8. The fourth-order valence-corrected chi connectivity index (χ4v) is 4.44. The molecule has 27 heavy (non-hydrogen) atoms. The zero-order valence-electron chi connectivity index (χ0n) is 14.9. The molecule has 0 radical (unpaired) electrons. The number of nitrogens with zero attached hydrogens (tertiary/aromatic N) is 4. The summed E-state index contributed by atoms with van der Waals surface area (Å²) in [7, 11) is -3.72. The van der Waals surface area contributed by atoms with Gasteiger partial charge in [-0.1, -0.05) is 18.2 Å². The van der Waals surface area contributed by atoms with Crippen molar-refractivity contribution in [3.05, 3.63) is 60.9 Å². The van der Waals surface area contributed by atoms with Crippen molar-refractivity contribution in [1.29, 1.82) is 0 Å². The van der Waals surface area contributed by atoms with E-state index < -0.39 is 16.1 Å². The Hall–Kier alpha value is -2.49. The van der Waals surface area contributed by atoms with E-state index in [0.717, 1.165) is 18.1 Å². The van der Waals surface area contributed by atoms with Gasteiger partial charge in [-0.2, -0.15) is 5.10 Å². The zero-order valence-corrected chi connectivity index (χ0v) is 15.7. The Labute approximate surface area is 157 Å². The molecule has 0 saturated carbocycles. The van der Waals surface area contributed by atoms with Crippen LogP contribution < -0.4 is 4.72 Å². The van der Waals surface area contributed by atoms with Gasteiger partial charge in [0.1, 0.15) is 16.8 Å². The lowest BCUT2D eigenvalue weighted by Gasteiger charge is -2.19. The molecule has 0 unspecified atom stereocenters. The predicted molar refractivity (Wildman–Crippen MR) is 98.9 cm³/mol. The Morgan fingerprint density at radius 2 is 2.11 bits per heavy atom. The van der Waals surface area contributed by atoms with E-state index in [1.54, 1.807) is 10.9 Å². The molecule has 1 aliphatic rings. The number of aryl methyl sites for hydroxylation is 1. The van der Waals surface area contributed by atoms with Gasteiger partial charge in [0.15, 0.2) is 0 Å². The second-order valence-corrected chi connectivity index (χ2v) is 8.05. The van der Waals surface area contributed by atoms with Crippen molar-refractivity contribution >= 4 is 10.0 Å². The predicted octanol–water partition coefficient (Wildman–Crippen LogP) is 1.90. The van der Waals surface area contributed by atoms with Crippen LogP contribution in [0, 0.1) is 0 Å². The number of para-hydroxylation sites is 1. The molecule has 0 amide bonds. The van der Waals surface area contributed by atoms with E-state index in [9.17, 15) is 8.42 Å². The van der Waals surface area contributed by atoms with Crippen molar-refractivity contribution in [2.75, 3.05) is 6.61 Å². The second kappa shape index (κ2) is 7.26. The van der Waals surface area contributed by atoms with Gasteiger partial charge in [-0.15, -0.1) is 0 Å². The molecular formula is C18H21N5O3S. The maximum absolute atomic E-state index is 12.9. The third-order valence-electron chi connectivity index (χ3n) is 4.63. The van der Waals surface area contributed by atoms with Crippen LogP contribution in [0.5, 0.6) is 0 Å². The number of rotatable bonds is 6. The van der Waals surface area contributed by atoms with E-state index in [1.165, 1.54) is 12.4 Å². The van der Waals surface area contributed by atoms with E-state index in [1.807, 2.05) is 48.0 Å². The van der Waals surface area contributed by atoms with E-state index in [4.69, 9.17) is 4.74 Å². The average molecular weight is 387 g/mol. The van der Waals surface area contributed by atoms with Crippen LogP contribution in [-0.4, -0.2) is 40.4 Å². The summed E-state index contributed by atoms with van der Waals surface area (Å²) >= 11 is 0. The first kappa shape index (κ1) is 17.9. The summed E-state index contributed by atoms with van der Waals surface area (Å²) in [6, 6.07) is 9.00. The first-order valence-electron chi connectivity index (χ1n) is 8.83. The van der Waals surface area contributed by atoms with Crippen molar-refractivity contribution in [3.8, 4) is 5.69 Å². The summed E-state index contributed by atoms with van der Waals surface area (Å²) in [5, 5.41) is 4.17. The van der Waals surface area contributed by atoms with Crippen molar-refractivity contribution in [2.24, 2.45) is 0 Å². The molecular weight excluding hydrogens is 366 g/mol. The highest BCUT2D eigenvalue weighted by Gasteiger charge is 2.36. The van der Waals surface area contributed by atoms with Gasteiger partial charge >= 0.3 is 0 Å². The zero-order chi connectivity index (χ0) is 18.9. The minimum atomic E-state index is -3.72. The maximum Gasteiger partial charge on any atom is 0.244 e. The Morgan fingerprint density at radius 1 is 1.30 bits per heavy atom. The van der Waals surface area contributed by atoms with Gasteiger partial charge in [0.05, 0.1) is 24.1 Å². The summed E-state index contributed by atoms with van der Waals surface area (Å²) in [6.07, 6.45) is 6.62. The SMILES string of the molecule is CCn1ccnc1[C@@H]1OCC[C@H]1NS(=O)(=O)c1cnn(-c2ccccc2)c1. The number of hydrogen-bond donors (Lipinski definition) is 1. The minimum Gasteiger partial charge on any atom is -0.369 e. The standard InChI is InChI=1S/C18H21N5O3S/c1-2-22-10-9-19-18(22)17-16(8-11-26-17)21-27(24,25)15-12-20-23(13-15)14-6-4-3-5-7-14/h3-7,9-10,12-13,16-17,21H,2,8,11H2,1H3/t16-,17-/m1/s1. The molecule has 1 saturated heterocycles. The number of ether oxygens (including phenoxy) is 1. The quantitative estimate of drug-likeness (QED) is 0.698. The van der Waals surface area contributed by atoms with Gasteiger partial charge in [-0.25, -0.2) is 22.8 Å². The maximum atomic E-state index is 12.9. The smallest absolute Gasteiger partial charge is 0.244 e. The molecule has 142 valence electrons. The fourth-order valence-electron chi connectivity index (χ4n) is 3.24. The summed E-state index contributed by atoms with van der Waals surface area (Å²) in [5.41, 5.74) is 0.797. The molecule has 3 heterocycles. The van der Waals surface area contributed by atoms with Gasteiger partial charge in [-0.3, -0.25) is 0 Å². The van der Waals surface area contributed by atoms with E-state index in [0.29, 0.717) is 13.0 Å². The molecule has 0 bridgehead atoms. The molecule has 2 aromatic heterocycles. The van der Waals surface area contributed by atoms with Gasteiger partial charge in [0, 0.05) is 25.5 Å². The molecule has 1 fully saturated rings. The van der Waals surface area contributed by atoms with Crippen LogP contribution in [0.25, 0.3) is 5.69 Å². The van der Waals surface area contributed by atoms with Gasteiger partial charge in [0.2, 0.25) is 10.0 Å².